The molecule has 0 aliphatic heterocycles. The monoisotopic (exact) mass is 235 g/mol. The van der Waals surface area contributed by atoms with Crippen LogP contribution in [0.5, 0.6) is 0 Å². The standard InChI is InChI=1S/C15H25NO/c1-13-8-7-9-15(14(13)2)12-16-10-5-4-6-11-17-3/h7-9,16H,4-6,10-12H2,1-3H3. The van der Waals surface area contributed by atoms with Crippen LogP contribution in [-0.2, 0) is 11.3 Å². The van der Waals surface area contributed by atoms with E-state index in [2.05, 4.69) is 37.4 Å². The molecule has 0 saturated heterocycles. The third-order valence-electron chi connectivity index (χ3n) is 3.23. The van der Waals surface area contributed by atoms with Gasteiger partial charge >= 0.3 is 0 Å². The first-order valence-electron chi connectivity index (χ1n) is 6.50. The van der Waals surface area contributed by atoms with E-state index < -0.39 is 0 Å². The third-order valence-corrected chi connectivity index (χ3v) is 3.23. The van der Waals surface area contributed by atoms with E-state index in [9.17, 15) is 0 Å². The second kappa shape index (κ2) is 8.26. The van der Waals surface area contributed by atoms with Gasteiger partial charge in [0.05, 0.1) is 0 Å². The summed E-state index contributed by atoms with van der Waals surface area (Å²) in [5.74, 6) is 0. The molecule has 1 aromatic rings. The number of aryl methyl sites for hydroxylation is 1. The lowest BCUT2D eigenvalue weighted by atomic mass is 10.0. The molecule has 0 aliphatic carbocycles. The average molecular weight is 235 g/mol. The van der Waals surface area contributed by atoms with Gasteiger partial charge < -0.3 is 10.1 Å². The summed E-state index contributed by atoms with van der Waals surface area (Å²) in [6.07, 6.45) is 3.64. The average Bonchev–Trinajstić information content (AvgIpc) is 2.33. The Morgan fingerprint density at radius 3 is 2.71 bits per heavy atom. The van der Waals surface area contributed by atoms with Gasteiger partial charge in [0, 0.05) is 20.3 Å². The molecule has 2 heteroatoms. The number of unbranched alkanes of at least 4 members (excludes halogenated alkanes) is 2. The quantitative estimate of drug-likeness (QED) is 0.699. The SMILES string of the molecule is COCCCCCNCc1cccc(C)c1C. The number of methoxy groups -OCH3 is 1. The van der Waals surface area contributed by atoms with Crippen molar-refractivity contribution in [2.75, 3.05) is 20.3 Å². The van der Waals surface area contributed by atoms with Crippen LogP contribution in [-0.4, -0.2) is 20.3 Å². The van der Waals surface area contributed by atoms with E-state index in [-0.39, 0.29) is 0 Å². The molecule has 0 heterocycles. The van der Waals surface area contributed by atoms with Crippen LogP contribution in [0.3, 0.4) is 0 Å². The number of hydrogen-bond donors (Lipinski definition) is 1. The van der Waals surface area contributed by atoms with Crippen molar-refractivity contribution in [3.05, 3.63) is 34.9 Å². The van der Waals surface area contributed by atoms with Gasteiger partial charge in [-0.3, -0.25) is 0 Å². The molecule has 0 amide bonds. The fourth-order valence-corrected chi connectivity index (χ4v) is 1.90. The highest BCUT2D eigenvalue weighted by atomic mass is 16.5. The van der Waals surface area contributed by atoms with Crippen molar-refractivity contribution >= 4 is 0 Å². The van der Waals surface area contributed by atoms with Gasteiger partial charge in [-0.1, -0.05) is 18.2 Å². The molecule has 0 bridgehead atoms. The molecule has 0 aliphatic rings. The van der Waals surface area contributed by atoms with Gasteiger partial charge in [0.15, 0.2) is 0 Å². The molecule has 17 heavy (non-hydrogen) atoms. The van der Waals surface area contributed by atoms with Crippen LogP contribution in [0.25, 0.3) is 0 Å². The Morgan fingerprint density at radius 1 is 1.12 bits per heavy atom. The van der Waals surface area contributed by atoms with Gasteiger partial charge in [0.2, 0.25) is 0 Å². The zero-order valence-electron chi connectivity index (χ0n) is 11.4. The fourth-order valence-electron chi connectivity index (χ4n) is 1.90. The van der Waals surface area contributed by atoms with Crippen molar-refractivity contribution in [2.24, 2.45) is 0 Å². The van der Waals surface area contributed by atoms with Crippen LogP contribution in [0.15, 0.2) is 18.2 Å². The second-order valence-corrected chi connectivity index (χ2v) is 4.59. The topological polar surface area (TPSA) is 21.3 Å². The second-order valence-electron chi connectivity index (χ2n) is 4.59. The van der Waals surface area contributed by atoms with Crippen LogP contribution < -0.4 is 5.32 Å². The Kier molecular flexibility index (Phi) is 6.90. The Hall–Kier alpha value is -0.860. The van der Waals surface area contributed by atoms with Crippen LogP contribution in [0.2, 0.25) is 0 Å². The van der Waals surface area contributed by atoms with E-state index in [1.807, 2.05) is 0 Å². The van der Waals surface area contributed by atoms with Crippen LogP contribution in [0.1, 0.15) is 36.0 Å². The summed E-state index contributed by atoms with van der Waals surface area (Å²) in [6.45, 7) is 7.33. The largest absolute Gasteiger partial charge is 0.385 e. The highest BCUT2D eigenvalue weighted by molar-refractivity contribution is 5.32. The Bertz CT molecular complexity index is 323. The van der Waals surface area contributed by atoms with Gasteiger partial charge in [-0.25, -0.2) is 0 Å². The van der Waals surface area contributed by atoms with Crippen molar-refractivity contribution in [3.63, 3.8) is 0 Å². The molecular formula is C15H25NO. The molecule has 0 radical (unpaired) electrons. The van der Waals surface area contributed by atoms with Gasteiger partial charge in [-0.2, -0.15) is 0 Å². The molecule has 0 spiro atoms. The fraction of sp³-hybridized carbons (Fsp3) is 0.600. The van der Waals surface area contributed by atoms with E-state index in [4.69, 9.17) is 4.74 Å². The van der Waals surface area contributed by atoms with Crippen molar-refractivity contribution in [3.8, 4) is 0 Å². The lowest BCUT2D eigenvalue weighted by Gasteiger charge is -2.09. The molecule has 1 aromatic carbocycles. The molecule has 0 aromatic heterocycles. The molecule has 0 unspecified atom stereocenters. The van der Waals surface area contributed by atoms with E-state index in [1.54, 1.807) is 7.11 Å². The first kappa shape index (κ1) is 14.2. The Balaban J connectivity index is 2.16. The van der Waals surface area contributed by atoms with Gasteiger partial charge in [-0.05, 0) is 56.3 Å². The molecule has 1 N–H and O–H groups in total. The number of rotatable bonds is 8. The zero-order valence-corrected chi connectivity index (χ0v) is 11.4. The zero-order chi connectivity index (χ0) is 12.5. The summed E-state index contributed by atoms with van der Waals surface area (Å²) >= 11 is 0. The molecule has 1 rings (SSSR count). The Morgan fingerprint density at radius 2 is 1.94 bits per heavy atom. The summed E-state index contributed by atoms with van der Waals surface area (Å²) < 4.78 is 5.03. The molecule has 2 nitrogen and oxygen atoms in total. The van der Waals surface area contributed by atoms with Crippen LogP contribution >= 0.6 is 0 Å². The summed E-state index contributed by atoms with van der Waals surface area (Å²) in [5.41, 5.74) is 4.21. The highest BCUT2D eigenvalue weighted by Crippen LogP contribution is 2.12. The first-order chi connectivity index (χ1) is 8.25. The predicted molar refractivity (Wildman–Crippen MR) is 73.3 cm³/mol. The number of nitrogens with one attached hydrogen (secondary N) is 1. The number of ether oxygens (including phenoxy) is 1. The van der Waals surface area contributed by atoms with Gasteiger partial charge in [-0.15, -0.1) is 0 Å². The van der Waals surface area contributed by atoms with Gasteiger partial charge in [0.25, 0.3) is 0 Å². The van der Waals surface area contributed by atoms with E-state index >= 15 is 0 Å². The van der Waals surface area contributed by atoms with Crippen molar-refractivity contribution in [1.82, 2.24) is 5.32 Å². The van der Waals surface area contributed by atoms with Crippen LogP contribution in [0, 0.1) is 13.8 Å². The molecule has 0 saturated carbocycles. The maximum Gasteiger partial charge on any atom is 0.0462 e. The van der Waals surface area contributed by atoms with Crippen molar-refractivity contribution in [2.45, 2.75) is 39.7 Å². The minimum atomic E-state index is 0.886. The number of benzene rings is 1. The molecule has 0 atom stereocenters. The summed E-state index contributed by atoms with van der Waals surface area (Å²) in [5, 5.41) is 3.51. The van der Waals surface area contributed by atoms with E-state index in [0.717, 1.165) is 19.7 Å². The third kappa shape index (κ3) is 5.33. The van der Waals surface area contributed by atoms with Crippen LogP contribution in [0.4, 0.5) is 0 Å². The Labute approximate surface area is 105 Å². The minimum absolute atomic E-state index is 0.886. The highest BCUT2D eigenvalue weighted by Gasteiger charge is 1.99. The first-order valence-corrected chi connectivity index (χ1v) is 6.50. The van der Waals surface area contributed by atoms with Crippen molar-refractivity contribution in [1.29, 1.82) is 0 Å². The summed E-state index contributed by atoms with van der Waals surface area (Å²) in [4.78, 5) is 0. The lowest BCUT2D eigenvalue weighted by Crippen LogP contribution is -2.15. The maximum absolute atomic E-state index is 5.03. The molecule has 96 valence electrons. The minimum Gasteiger partial charge on any atom is -0.385 e. The normalized spacial score (nSPS) is 10.8. The van der Waals surface area contributed by atoms with E-state index in [0.29, 0.717) is 0 Å². The maximum atomic E-state index is 5.03. The summed E-state index contributed by atoms with van der Waals surface area (Å²) in [7, 11) is 1.76. The van der Waals surface area contributed by atoms with Crippen molar-refractivity contribution < 1.29 is 4.74 Å². The predicted octanol–water partition coefficient (Wildman–Crippen LogP) is 3.21. The lowest BCUT2D eigenvalue weighted by molar-refractivity contribution is 0.192. The smallest absolute Gasteiger partial charge is 0.0462 e. The molecule has 0 fully saturated rings. The van der Waals surface area contributed by atoms with E-state index in [1.165, 1.54) is 36.0 Å². The molecular weight excluding hydrogens is 210 g/mol. The summed E-state index contributed by atoms with van der Waals surface area (Å²) in [6, 6.07) is 6.52. The number of hydrogen-bond acceptors (Lipinski definition) is 2. The van der Waals surface area contributed by atoms with Gasteiger partial charge in [0.1, 0.15) is 0 Å².